The topological polar surface area (TPSA) is 96.2 Å². The molecule has 0 aliphatic carbocycles. The minimum absolute atomic E-state index is 0.00831. The van der Waals surface area contributed by atoms with Crippen molar-refractivity contribution < 1.29 is 14.3 Å². The highest BCUT2D eigenvalue weighted by Gasteiger charge is 2.16. The van der Waals surface area contributed by atoms with Gasteiger partial charge in [0.2, 0.25) is 11.8 Å². The zero-order valence-corrected chi connectivity index (χ0v) is 19.0. The molecule has 0 unspecified atom stereocenters. The Kier molecular flexibility index (Phi) is 9.88. The summed E-state index contributed by atoms with van der Waals surface area (Å²) >= 11 is 0. The molecule has 170 valence electrons. The Hall–Kier alpha value is -2.33. The first-order chi connectivity index (χ1) is 14.5. The molecular weight excluding hydrogens is 386 g/mol. The smallest absolute Gasteiger partial charge is 0.241 e. The van der Waals surface area contributed by atoms with Gasteiger partial charge in [0.15, 0.2) is 5.96 Å². The lowest BCUT2D eigenvalue weighted by molar-refractivity contribution is -0.127. The first-order valence-electron chi connectivity index (χ1n) is 10.6. The van der Waals surface area contributed by atoms with Crippen molar-refractivity contribution >= 4 is 11.9 Å². The highest BCUT2D eigenvalue weighted by Crippen LogP contribution is 2.22. The molecule has 1 fully saturated rings. The molecule has 30 heavy (non-hydrogen) atoms. The second kappa shape index (κ2) is 12.4. The third kappa shape index (κ3) is 7.17. The fraction of sp³-hybridized carbons (Fsp3) is 0.750. The van der Waals surface area contributed by atoms with E-state index in [0.29, 0.717) is 18.4 Å². The van der Waals surface area contributed by atoms with E-state index in [9.17, 15) is 4.79 Å². The summed E-state index contributed by atoms with van der Waals surface area (Å²) in [6, 6.07) is 0. The molecule has 1 saturated heterocycles. The number of guanidine groups is 1. The van der Waals surface area contributed by atoms with Gasteiger partial charge in [-0.3, -0.25) is 9.69 Å². The van der Waals surface area contributed by atoms with E-state index < -0.39 is 0 Å². The van der Waals surface area contributed by atoms with Crippen LogP contribution in [0.25, 0.3) is 0 Å². The number of aromatic nitrogens is 2. The van der Waals surface area contributed by atoms with Crippen molar-refractivity contribution in [1.82, 2.24) is 30.2 Å². The van der Waals surface area contributed by atoms with Crippen molar-refractivity contribution in [3.63, 3.8) is 0 Å². The lowest BCUT2D eigenvalue weighted by Crippen LogP contribution is -2.44. The van der Waals surface area contributed by atoms with Crippen LogP contribution in [-0.4, -0.2) is 98.6 Å². The Labute approximate surface area is 179 Å². The lowest BCUT2D eigenvalue weighted by Gasteiger charge is -2.26. The third-order valence-corrected chi connectivity index (χ3v) is 5.05. The van der Waals surface area contributed by atoms with Gasteiger partial charge >= 0.3 is 0 Å². The number of likely N-dealkylation sites (N-methyl/N-ethyl adjacent to an activating group) is 1. The number of ether oxygens (including phenoxy) is 2. The Morgan fingerprint density at radius 2 is 2.03 bits per heavy atom. The van der Waals surface area contributed by atoms with Crippen molar-refractivity contribution in [3.05, 3.63) is 11.3 Å². The number of aliphatic imine (C=N–C) groups is 1. The number of carbonyl (C=O) groups is 1. The number of aryl methyl sites for hydroxylation is 2. The summed E-state index contributed by atoms with van der Waals surface area (Å²) in [6.45, 7) is 8.03. The Morgan fingerprint density at radius 3 is 2.67 bits per heavy atom. The largest absolute Gasteiger partial charge is 0.481 e. The summed E-state index contributed by atoms with van der Waals surface area (Å²) < 4.78 is 12.6. The van der Waals surface area contributed by atoms with E-state index in [-0.39, 0.29) is 12.5 Å². The zero-order valence-electron chi connectivity index (χ0n) is 19.0. The van der Waals surface area contributed by atoms with Crippen LogP contribution in [-0.2, 0) is 29.5 Å². The van der Waals surface area contributed by atoms with Crippen LogP contribution in [0.15, 0.2) is 4.99 Å². The highest BCUT2D eigenvalue weighted by molar-refractivity contribution is 5.86. The minimum Gasteiger partial charge on any atom is -0.481 e. The normalized spacial score (nSPS) is 15.2. The number of hydrogen-bond acceptors (Lipinski definition) is 6. The second-order valence-corrected chi connectivity index (χ2v) is 7.45. The van der Waals surface area contributed by atoms with Crippen LogP contribution in [0.5, 0.6) is 5.88 Å². The molecule has 0 spiro atoms. The lowest BCUT2D eigenvalue weighted by atomic mass is 10.2. The molecule has 10 heteroatoms. The summed E-state index contributed by atoms with van der Waals surface area (Å²) in [7, 11) is 6.99. The molecule has 0 radical (unpaired) electrons. The van der Waals surface area contributed by atoms with Crippen molar-refractivity contribution in [1.29, 1.82) is 0 Å². The molecule has 10 nitrogen and oxygen atoms in total. The van der Waals surface area contributed by atoms with Crippen LogP contribution in [0.2, 0.25) is 0 Å². The molecule has 0 atom stereocenters. The van der Waals surface area contributed by atoms with Gasteiger partial charge in [-0.25, -0.2) is 9.67 Å². The first kappa shape index (κ1) is 23.9. The molecule has 1 aromatic rings. The van der Waals surface area contributed by atoms with Crippen LogP contribution in [0, 0.1) is 0 Å². The van der Waals surface area contributed by atoms with E-state index in [1.807, 2.05) is 7.05 Å². The monoisotopic (exact) mass is 423 g/mol. The maximum Gasteiger partial charge on any atom is 0.241 e. The number of nitrogens with zero attached hydrogens (tertiary/aromatic N) is 5. The van der Waals surface area contributed by atoms with Gasteiger partial charge in [-0.05, 0) is 19.4 Å². The van der Waals surface area contributed by atoms with Crippen LogP contribution in [0.4, 0.5) is 0 Å². The van der Waals surface area contributed by atoms with E-state index in [1.54, 1.807) is 30.8 Å². The second-order valence-electron chi connectivity index (χ2n) is 7.45. The van der Waals surface area contributed by atoms with Crippen LogP contribution < -0.4 is 15.4 Å². The Balaban J connectivity index is 1.98. The van der Waals surface area contributed by atoms with Gasteiger partial charge in [0.25, 0.3) is 0 Å². The fourth-order valence-electron chi connectivity index (χ4n) is 3.29. The number of nitrogens with one attached hydrogen (secondary N) is 2. The predicted molar refractivity (Wildman–Crippen MR) is 117 cm³/mol. The fourth-order valence-corrected chi connectivity index (χ4v) is 3.29. The molecule has 0 bridgehead atoms. The zero-order chi connectivity index (χ0) is 21.9. The number of hydrogen-bond donors (Lipinski definition) is 2. The van der Waals surface area contributed by atoms with Gasteiger partial charge in [-0.2, -0.15) is 5.10 Å². The maximum atomic E-state index is 12.0. The maximum absolute atomic E-state index is 12.0. The average molecular weight is 424 g/mol. The van der Waals surface area contributed by atoms with Gasteiger partial charge in [0.05, 0.1) is 44.7 Å². The molecule has 2 N–H and O–H groups in total. The molecule has 1 aromatic heterocycles. The van der Waals surface area contributed by atoms with E-state index in [0.717, 1.165) is 63.5 Å². The number of amides is 1. The molecule has 0 saturated carbocycles. The molecule has 1 aliphatic heterocycles. The van der Waals surface area contributed by atoms with E-state index in [4.69, 9.17) is 14.5 Å². The summed E-state index contributed by atoms with van der Waals surface area (Å²) in [6.07, 6.45) is 1.79. The van der Waals surface area contributed by atoms with Crippen molar-refractivity contribution in [2.24, 2.45) is 12.0 Å². The molecule has 2 heterocycles. The Bertz CT molecular complexity index is 697. The summed E-state index contributed by atoms with van der Waals surface area (Å²) in [5, 5.41) is 11.0. The number of methoxy groups -OCH3 is 1. The molecule has 0 aromatic carbocycles. The van der Waals surface area contributed by atoms with Gasteiger partial charge < -0.3 is 25.0 Å². The van der Waals surface area contributed by atoms with Crippen LogP contribution in [0.1, 0.15) is 24.6 Å². The highest BCUT2D eigenvalue weighted by atomic mass is 16.5. The van der Waals surface area contributed by atoms with E-state index >= 15 is 0 Å². The third-order valence-electron chi connectivity index (χ3n) is 5.05. The molecule has 1 aliphatic rings. The van der Waals surface area contributed by atoms with Crippen molar-refractivity contribution in [3.8, 4) is 5.88 Å². The molecular formula is C20H37N7O3. The van der Waals surface area contributed by atoms with Gasteiger partial charge in [0.1, 0.15) is 0 Å². The van der Waals surface area contributed by atoms with Crippen molar-refractivity contribution in [2.45, 2.75) is 26.3 Å². The number of carbonyl (C=O) groups excluding carboxylic acids is 1. The number of morpholine rings is 1. The Morgan fingerprint density at radius 1 is 1.30 bits per heavy atom. The van der Waals surface area contributed by atoms with Crippen LogP contribution >= 0.6 is 0 Å². The predicted octanol–water partition coefficient (Wildman–Crippen LogP) is -0.163. The standard InChI is InChI=1S/C20H37N7O3/c1-6-17-16(19(29-5)26(4)24-17)14-22-20(23-15-18(28)25(2)3)21-8-7-9-27-10-12-30-13-11-27/h6-15H2,1-5H3,(H2,21,22,23). The number of rotatable bonds is 10. The van der Waals surface area contributed by atoms with Gasteiger partial charge in [-0.15, -0.1) is 0 Å². The van der Waals surface area contributed by atoms with Crippen molar-refractivity contribution in [2.75, 3.05) is 67.1 Å². The molecule has 1 amide bonds. The van der Waals surface area contributed by atoms with Gasteiger partial charge in [-0.1, -0.05) is 6.92 Å². The quantitative estimate of drug-likeness (QED) is 0.307. The summed E-state index contributed by atoms with van der Waals surface area (Å²) in [5.74, 6) is 1.32. The van der Waals surface area contributed by atoms with Crippen LogP contribution in [0.3, 0.4) is 0 Å². The minimum atomic E-state index is -0.00831. The average Bonchev–Trinajstić information content (AvgIpc) is 3.07. The molecule has 2 rings (SSSR count). The van der Waals surface area contributed by atoms with E-state index in [2.05, 4.69) is 27.6 Å². The van der Waals surface area contributed by atoms with Gasteiger partial charge in [0, 0.05) is 40.8 Å². The first-order valence-corrected chi connectivity index (χ1v) is 10.6. The SMILES string of the molecule is CCc1nn(C)c(OC)c1CN=C(NCCCN1CCOCC1)NCC(=O)N(C)C. The summed E-state index contributed by atoms with van der Waals surface area (Å²) in [4.78, 5) is 20.6. The van der Waals surface area contributed by atoms with E-state index in [1.165, 1.54) is 0 Å². The summed E-state index contributed by atoms with van der Waals surface area (Å²) in [5.41, 5.74) is 1.94.